The van der Waals surface area contributed by atoms with E-state index in [-0.39, 0.29) is 5.97 Å². The summed E-state index contributed by atoms with van der Waals surface area (Å²) in [6.07, 6.45) is 12.6. The molecule has 130 valence electrons. The number of ether oxygens (including phenoxy) is 2. The van der Waals surface area contributed by atoms with Gasteiger partial charge in [0, 0.05) is 12.2 Å². The van der Waals surface area contributed by atoms with Gasteiger partial charge in [0.25, 0.3) is 0 Å². The predicted octanol–water partition coefficient (Wildman–Crippen LogP) is 5.43. The molecule has 0 bridgehead atoms. The minimum atomic E-state index is -0.292. The van der Waals surface area contributed by atoms with Gasteiger partial charge in [0.15, 0.2) is 0 Å². The Morgan fingerprint density at radius 1 is 0.955 bits per heavy atom. The van der Waals surface area contributed by atoms with Gasteiger partial charge < -0.3 is 9.47 Å². The van der Waals surface area contributed by atoms with E-state index in [0.29, 0.717) is 18.3 Å². The van der Waals surface area contributed by atoms with Crippen molar-refractivity contribution in [2.24, 2.45) is 0 Å². The molecule has 0 fully saturated rings. The van der Waals surface area contributed by atoms with E-state index in [1.54, 1.807) is 6.92 Å². The highest BCUT2D eigenvalue weighted by molar-refractivity contribution is 5.86. The molecule has 3 heteroatoms. The molecular weight excluding hydrogens is 276 g/mol. The monoisotopic (exact) mass is 312 g/mol. The summed E-state index contributed by atoms with van der Waals surface area (Å²) in [5.41, 5.74) is 0.462. The van der Waals surface area contributed by atoms with E-state index < -0.39 is 0 Å². The molecule has 0 aliphatic rings. The average Bonchev–Trinajstić information content (AvgIpc) is 2.50. The lowest BCUT2D eigenvalue weighted by Crippen LogP contribution is -2.15. The summed E-state index contributed by atoms with van der Waals surface area (Å²) < 4.78 is 10.9. The van der Waals surface area contributed by atoms with Crippen LogP contribution in [0.3, 0.4) is 0 Å². The molecule has 0 aliphatic heterocycles. The molecule has 0 amide bonds. The Hall–Kier alpha value is -0.830. The Kier molecular flexibility index (Phi) is 14.5. The fourth-order valence-electron chi connectivity index (χ4n) is 2.47. The molecule has 0 aliphatic carbocycles. The van der Waals surface area contributed by atoms with Gasteiger partial charge in [-0.3, -0.25) is 0 Å². The molecule has 0 radical (unpaired) electrons. The number of esters is 1. The lowest BCUT2D eigenvalue weighted by atomic mass is 10.0. The molecule has 0 heterocycles. The number of unbranched alkanes of at least 4 members (excludes halogenated alkanes) is 6. The van der Waals surface area contributed by atoms with Crippen LogP contribution in [-0.4, -0.2) is 25.3 Å². The highest BCUT2D eigenvalue weighted by Gasteiger charge is 2.09. The number of hydrogen-bond donors (Lipinski definition) is 0. The number of carbonyl (C=O) groups is 1. The van der Waals surface area contributed by atoms with E-state index in [0.717, 1.165) is 25.9 Å². The zero-order valence-corrected chi connectivity index (χ0v) is 15.0. The Morgan fingerprint density at radius 2 is 1.55 bits per heavy atom. The first-order chi connectivity index (χ1) is 10.6. The molecule has 0 N–H and O–H groups in total. The van der Waals surface area contributed by atoms with Crippen LogP contribution < -0.4 is 0 Å². The molecule has 1 atom stereocenters. The van der Waals surface area contributed by atoms with Gasteiger partial charge in [0.2, 0.25) is 0 Å². The van der Waals surface area contributed by atoms with Crippen molar-refractivity contribution >= 4 is 5.97 Å². The summed E-state index contributed by atoms with van der Waals surface area (Å²) >= 11 is 0. The lowest BCUT2D eigenvalue weighted by molar-refractivity contribution is -0.139. The maximum atomic E-state index is 11.3. The van der Waals surface area contributed by atoms with Gasteiger partial charge >= 0.3 is 5.97 Å². The van der Waals surface area contributed by atoms with Crippen molar-refractivity contribution in [3.63, 3.8) is 0 Å². The molecule has 0 aromatic rings. The normalized spacial score (nSPS) is 12.1. The quantitative estimate of drug-likeness (QED) is 0.230. The van der Waals surface area contributed by atoms with Crippen LogP contribution in [-0.2, 0) is 14.3 Å². The summed E-state index contributed by atoms with van der Waals surface area (Å²) in [7, 11) is 0. The fraction of sp³-hybridized carbons (Fsp3) is 0.842. The van der Waals surface area contributed by atoms with Crippen molar-refractivity contribution < 1.29 is 14.3 Å². The summed E-state index contributed by atoms with van der Waals surface area (Å²) in [5, 5.41) is 0. The number of rotatable bonds is 15. The predicted molar refractivity (Wildman–Crippen MR) is 93.0 cm³/mol. The first-order valence-electron chi connectivity index (χ1n) is 9.06. The molecule has 3 nitrogen and oxygen atoms in total. The first kappa shape index (κ1) is 21.2. The van der Waals surface area contributed by atoms with Crippen LogP contribution in [0.2, 0.25) is 0 Å². The Bertz CT molecular complexity index is 286. The maximum absolute atomic E-state index is 11.3. The highest BCUT2D eigenvalue weighted by Crippen LogP contribution is 2.14. The van der Waals surface area contributed by atoms with Crippen molar-refractivity contribution in [3.8, 4) is 0 Å². The SMILES string of the molecule is C=C(C)C(=O)OCCCC(CCCCCCCCC)OCC. The smallest absolute Gasteiger partial charge is 0.333 e. The van der Waals surface area contributed by atoms with Crippen molar-refractivity contribution in [1.29, 1.82) is 0 Å². The van der Waals surface area contributed by atoms with Gasteiger partial charge in [0.05, 0.1) is 12.7 Å². The molecule has 0 aromatic heterocycles. The zero-order valence-electron chi connectivity index (χ0n) is 15.0. The third-order valence-electron chi connectivity index (χ3n) is 3.78. The summed E-state index contributed by atoms with van der Waals surface area (Å²) in [6.45, 7) is 10.8. The average molecular weight is 312 g/mol. The molecular formula is C19H36O3. The largest absolute Gasteiger partial charge is 0.462 e. The molecule has 0 spiro atoms. The van der Waals surface area contributed by atoms with Crippen LogP contribution in [0.15, 0.2) is 12.2 Å². The van der Waals surface area contributed by atoms with Crippen LogP contribution in [0.25, 0.3) is 0 Å². The van der Waals surface area contributed by atoms with Crippen LogP contribution in [0.5, 0.6) is 0 Å². The zero-order chi connectivity index (χ0) is 16.6. The third-order valence-corrected chi connectivity index (χ3v) is 3.78. The van der Waals surface area contributed by atoms with E-state index in [9.17, 15) is 4.79 Å². The second-order valence-corrected chi connectivity index (χ2v) is 6.05. The fourth-order valence-corrected chi connectivity index (χ4v) is 2.47. The minimum absolute atomic E-state index is 0.292. The summed E-state index contributed by atoms with van der Waals surface area (Å²) in [5.74, 6) is -0.292. The second kappa shape index (κ2) is 15.1. The van der Waals surface area contributed by atoms with Gasteiger partial charge in [-0.05, 0) is 33.1 Å². The molecule has 22 heavy (non-hydrogen) atoms. The van der Waals surface area contributed by atoms with Gasteiger partial charge in [0.1, 0.15) is 0 Å². The van der Waals surface area contributed by atoms with Crippen molar-refractivity contribution in [1.82, 2.24) is 0 Å². The topological polar surface area (TPSA) is 35.5 Å². The molecule has 1 unspecified atom stereocenters. The van der Waals surface area contributed by atoms with Crippen molar-refractivity contribution in [3.05, 3.63) is 12.2 Å². The standard InChI is InChI=1S/C19H36O3/c1-5-7-8-9-10-11-12-14-18(21-6-2)15-13-16-22-19(20)17(3)4/h18H,3,5-16H2,1-2,4H3. The molecule has 0 saturated heterocycles. The van der Waals surface area contributed by atoms with Crippen LogP contribution in [0.1, 0.15) is 85.0 Å². The molecule has 0 aromatic carbocycles. The third kappa shape index (κ3) is 12.9. The number of hydrogen-bond acceptors (Lipinski definition) is 3. The van der Waals surface area contributed by atoms with Crippen molar-refractivity contribution in [2.75, 3.05) is 13.2 Å². The Morgan fingerprint density at radius 3 is 2.14 bits per heavy atom. The van der Waals surface area contributed by atoms with Crippen LogP contribution in [0, 0.1) is 0 Å². The van der Waals surface area contributed by atoms with E-state index in [1.165, 1.54) is 44.9 Å². The van der Waals surface area contributed by atoms with Gasteiger partial charge in [-0.25, -0.2) is 4.79 Å². The van der Waals surface area contributed by atoms with E-state index in [1.807, 2.05) is 6.92 Å². The van der Waals surface area contributed by atoms with Crippen molar-refractivity contribution in [2.45, 2.75) is 91.1 Å². The number of carbonyl (C=O) groups excluding carboxylic acids is 1. The highest BCUT2D eigenvalue weighted by atomic mass is 16.5. The van der Waals surface area contributed by atoms with Gasteiger partial charge in [-0.1, -0.05) is 58.4 Å². The van der Waals surface area contributed by atoms with E-state index >= 15 is 0 Å². The minimum Gasteiger partial charge on any atom is -0.462 e. The maximum Gasteiger partial charge on any atom is 0.333 e. The second-order valence-electron chi connectivity index (χ2n) is 6.05. The van der Waals surface area contributed by atoms with E-state index in [4.69, 9.17) is 9.47 Å². The van der Waals surface area contributed by atoms with Crippen LogP contribution >= 0.6 is 0 Å². The Balaban J connectivity index is 3.64. The van der Waals surface area contributed by atoms with Crippen LogP contribution in [0.4, 0.5) is 0 Å². The molecule has 0 rings (SSSR count). The van der Waals surface area contributed by atoms with Gasteiger partial charge in [-0.15, -0.1) is 0 Å². The molecule has 0 saturated carbocycles. The summed E-state index contributed by atoms with van der Waals surface area (Å²) in [4.78, 5) is 11.3. The van der Waals surface area contributed by atoms with E-state index in [2.05, 4.69) is 13.5 Å². The summed E-state index contributed by atoms with van der Waals surface area (Å²) in [6, 6.07) is 0. The Labute approximate surface area is 137 Å². The van der Waals surface area contributed by atoms with Gasteiger partial charge in [-0.2, -0.15) is 0 Å². The lowest BCUT2D eigenvalue weighted by Gasteiger charge is -2.17. The first-order valence-corrected chi connectivity index (χ1v) is 9.06.